The molecule has 0 spiro atoms. The Hall–Kier alpha value is -2.24. The molecule has 3 aromatic rings. The van der Waals surface area contributed by atoms with Gasteiger partial charge in [0.15, 0.2) is 0 Å². The van der Waals surface area contributed by atoms with Crippen LogP contribution in [0.15, 0.2) is 48.9 Å². The van der Waals surface area contributed by atoms with Gasteiger partial charge < -0.3 is 4.90 Å². The number of fused-ring (bicyclic) bond motifs is 1. The number of para-hydroxylation sites is 1. The van der Waals surface area contributed by atoms with E-state index in [1.807, 2.05) is 24.7 Å². The number of aromatic nitrogens is 3. The molecule has 0 radical (unpaired) electrons. The number of benzene rings is 1. The molecule has 1 aliphatic rings. The van der Waals surface area contributed by atoms with Gasteiger partial charge in [-0.15, -0.1) is 0 Å². The lowest BCUT2D eigenvalue weighted by Crippen LogP contribution is -2.30. The molecule has 2 atom stereocenters. The van der Waals surface area contributed by atoms with Crippen molar-refractivity contribution in [2.75, 3.05) is 27.2 Å². The predicted molar refractivity (Wildman–Crippen MR) is 100 cm³/mol. The molecule has 25 heavy (non-hydrogen) atoms. The van der Waals surface area contributed by atoms with Crippen LogP contribution in [0, 0.1) is 5.92 Å². The maximum atomic E-state index is 4.32. The van der Waals surface area contributed by atoms with E-state index in [1.165, 1.54) is 22.9 Å². The molecular weight excluding hydrogens is 310 g/mol. The highest BCUT2D eigenvalue weighted by Gasteiger charge is 2.33. The first-order valence-corrected chi connectivity index (χ1v) is 8.92. The summed E-state index contributed by atoms with van der Waals surface area (Å²) in [5.41, 5.74) is 3.79. The van der Waals surface area contributed by atoms with E-state index in [0.717, 1.165) is 25.2 Å². The van der Waals surface area contributed by atoms with Crippen molar-refractivity contribution in [3.63, 3.8) is 0 Å². The molecule has 0 amide bonds. The van der Waals surface area contributed by atoms with Crippen LogP contribution in [-0.4, -0.2) is 52.2 Å². The lowest BCUT2D eigenvalue weighted by molar-refractivity contribution is 0.214. The Kier molecular flexibility index (Phi) is 4.51. The summed E-state index contributed by atoms with van der Waals surface area (Å²) >= 11 is 0. The van der Waals surface area contributed by atoms with E-state index in [9.17, 15) is 0 Å². The second-order valence-electron chi connectivity index (χ2n) is 7.21. The average Bonchev–Trinajstić information content (AvgIpc) is 3.23. The average molecular weight is 335 g/mol. The quantitative estimate of drug-likeness (QED) is 0.778. The Morgan fingerprint density at radius 2 is 2.16 bits per heavy atom. The third-order valence-corrected chi connectivity index (χ3v) is 5.35. The predicted octanol–water partition coefficient (Wildman–Crippen LogP) is 3.08. The molecule has 0 saturated carbocycles. The maximum absolute atomic E-state index is 4.32. The zero-order chi connectivity index (χ0) is 17.2. The fourth-order valence-corrected chi connectivity index (χ4v) is 4.21. The molecule has 130 valence electrons. The van der Waals surface area contributed by atoms with Crippen LogP contribution in [-0.2, 0) is 6.54 Å². The van der Waals surface area contributed by atoms with Gasteiger partial charge in [-0.05, 0) is 50.2 Å². The molecule has 1 aromatic carbocycles. The largest absolute Gasteiger partial charge is 0.302 e. The van der Waals surface area contributed by atoms with Crippen molar-refractivity contribution in [3.05, 3.63) is 60.0 Å². The first-order chi connectivity index (χ1) is 12.2. The zero-order valence-electron chi connectivity index (χ0n) is 14.9. The van der Waals surface area contributed by atoms with Crippen LogP contribution in [0.4, 0.5) is 0 Å². The lowest BCUT2D eigenvalue weighted by atomic mass is 9.94. The topological polar surface area (TPSA) is 48.1 Å². The first-order valence-electron chi connectivity index (χ1n) is 8.92. The van der Waals surface area contributed by atoms with Crippen molar-refractivity contribution < 1.29 is 0 Å². The van der Waals surface area contributed by atoms with Crippen LogP contribution in [0.25, 0.3) is 10.9 Å². The van der Waals surface area contributed by atoms with Gasteiger partial charge in [-0.3, -0.25) is 15.0 Å². The molecule has 0 unspecified atom stereocenters. The summed E-state index contributed by atoms with van der Waals surface area (Å²) in [7, 11) is 4.44. The van der Waals surface area contributed by atoms with Crippen LogP contribution >= 0.6 is 0 Å². The molecule has 0 bridgehead atoms. The van der Waals surface area contributed by atoms with E-state index in [2.05, 4.69) is 63.3 Å². The summed E-state index contributed by atoms with van der Waals surface area (Å²) in [5.74, 6) is 0.625. The van der Waals surface area contributed by atoms with Gasteiger partial charge in [0.05, 0.1) is 11.7 Å². The molecule has 2 aromatic heterocycles. The smallest absolute Gasteiger partial charge is 0.0695 e. The Bertz CT molecular complexity index is 828. The number of likely N-dealkylation sites (tertiary alicyclic amines) is 1. The second-order valence-corrected chi connectivity index (χ2v) is 7.21. The summed E-state index contributed by atoms with van der Waals surface area (Å²) in [5, 5.41) is 8.49. The van der Waals surface area contributed by atoms with Crippen molar-refractivity contribution in [1.82, 2.24) is 25.0 Å². The van der Waals surface area contributed by atoms with E-state index in [0.29, 0.717) is 12.0 Å². The van der Waals surface area contributed by atoms with Crippen molar-refractivity contribution in [3.8, 4) is 0 Å². The molecule has 5 heteroatoms. The molecule has 4 rings (SSSR count). The summed E-state index contributed by atoms with van der Waals surface area (Å²) in [6, 6.07) is 11.1. The zero-order valence-corrected chi connectivity index (χ0v) is 14.9. The number of hydrogen-bond donors (Lipinski definition) is 1. The van der Waals surface area contributed by atoms with Crippen LogP contribution in [0.1, 0.15) is 23.6 Å². The highest BCUT2D eigenvalue weighted by molar-refractivity contribution is 5.81. The Morgan fingerprint density at radius 1 is 1.24 bits per heavy atom. The number of aromatic amines is 1. The van der Waals surface area contributed by atoms with Gasteiger partial charge in [0.1, 0.15) is 0 Å². The van der Waals surface area contributed by atoms with Crippen LogP contribution in [0.5, 0.6) is 0 Å². The fraction of sp³-hybridized carbons (Fsp3) is 0.400. The van der Waals surface area contributed by atoms with Crippen molar-refractivity contribution >= 4 is 10.9 Å². The number of nitrogens with one attached hydrogen (secondary N) is 1. The Morgan fingerprint density at radius 3 is 3.00 bits per heavy atom. The maximum Gasteiger partial charge on any atom is 0.0695 e. The first kappa shape index (κ1) is 16.2. The van der Waals surface area contributed by atoms with E-state index < -0.39 is 0 Å². The third kappa shape index (κ3) is 3.30. The minimum Gasteiger partial charge on any atom is -0.302 e. The van der Waals surface area contributed by atoms with Crippen LogP contribution in [0.3, 0.4) is 0 Å². The van der Waals surface area contributed by atoms with E-state index in [-0.39, 0.29) is 0 Å². The van der Waals surface area contributed by atoms with Crippen LogP contribution < -0.4 is 0 Å². The van der Waals surface area contributed by atoms with E-state index in [4.69, 9.17) is 0 Å². The van der Waals surface area contributed by atoms with Crippen LogP contribution in [0.2, 0.25) is 0 Å². The monoisotopic (exact) mass is 335 g/mol. The van der Waals surface area contributed by atoms with Gasteiger partial charge >= 0.3 is 0 Å². The van der Waals surface area contributed by atoms with E-state index in [1.54, 1.807) is 0 Å². The number of nitrogens with zero attached hydrogens (tertiary/aromatic N) is 4. The number of H-pyrrole nitrogens is 1. The lowest BCUT2D eigenvalue weighted by Gasteiger charge is -2.28. The van der Waals surface area contributed by atoms with Gasteiger partial charge in [-0.25, -0.2) is 0 Å². The summed E-state index contributed by atoms with van der Waals surface area (Å²) < 4.78 is 0. The minimum atomic E-state index is 0.457. The highest BCUT2D eigenvalue weighted by atomic mass is 15.2. The van der Waals surface area contributed by atoms with Crippen molar-refractivity contribution in [1.29, 1.82) is 0 Å². The normalized spacial score (nSPS) is 21.4. The molecule has 1 aliphatic heterocycles. The van der Waals surface area contributed by atoms with Gasteiger partial charge in [0.25, 0.3) is 0 Å². The summed E-state index contributed by atoms with van der Waals surface area (Å²) in [6.07, 6.45) is 6.99. The number of pyridine rings is 1. The molecular formula is C20H25N5. The SMILES string of the molecule is CN(Cc1cccc2cn[nH]c12)C[C@@H]1CCN(C)[C@H]1c1cccnc1. The van der Waals surface area contributed by atoms with Gasteiger partial charge in [0, 0.05) is 36.9 Å². The van der Waals surface area contributed by atoms with Gasteiger partial charge in [0.2, 0.25) is 0 Å². The minimum absolute atomic E-state index is 0.457. The van der Waals surface area contributed by atoms with Crippen molar-refractivity contribution in [2.24, 2.45) is 5.92 Å². The summed E-state index contributed by atoms with van der Waals surface area (Å²) in [6.45, 7) is 3.15. The molecule has 0 aliphatic carbocycles. The van der Waals surface area contributed by atoms with Gasteiger partial charge in [-0.2, -0.15) is 5.10 Å². The van der Waals surface area contributed by atoms with Crippen molar-refractivity contribution in [2.45, 2.75) is 19.0 Å². The molecule has 1 fully saturated rings. The molecule has 5 nitrogen and oxygen atoms in total. The third-order valence-electron chi connectivity index (χ3n) is 5.35. The highest BCUT2D eigenvalue weighted by Crippen LogP contribution is 2.36. The Labute approximate surface area is 148 Å². The van der Waals surface area contributed by atoms with Gasteiger partial charge in [-0.1, -0.05) is 24.3 Å². The van der Waals surface area contributed by atoms with E-state index >= 15 is 0 Å². The number of rotatable bonds is 5. The second kappa shape index (κ2) is 6.94. The molecule has 3 heterocycles. The molecule has 1 N–H and O–H groups in total. The Balaban J connectivity index is 1.48. The summed E-state index contributed by atoms with van der Waals surface area (Å²) in [4.78, 5) is 9.22. The standard InChI is InChI=1S/C20H25N5/c1-24(13-17-6-3-5-15-12-22-23-19(15)17)14-18-8-10-25(2)20(18)16-7-4-9-21-11-16/h3-7,9,11-12,18,20H,8,10,13-14H2,1-2H3,(H,22,23)/t18-,20-/m0/s1. The number of hydrogen-bond acceptors (Lipinski definition) is 4. The fourth-order valence-electron chi connectivity index (χ4n) is 4.21. The molecule has 1 saturated heterocycles.